The monoisotopic (exact) mass is 233 g/mol. The van der Waals surface area contributed by atoms with E-state index in [4.69, 9.17) is 15.2 Å². The van der Waals surface area contributed by atoms with Crippen molar-refractivity contribution in [2.45, 2.75) is 0 Å². The molecule has 0 unspecified atom stereocenters. The SMILES string of the molecule is COc1cccc(Oc2cc(N)cc(F)c2)c1. The molecule has 88 valence electrons. The molecule has 4 heteroatoms. The topological polar surface area (TPSA) is 44.5 Å². The molecule has 0 saturated carbocycles. The zero-order valence-corrected chi connectivity index (χ0v) is 9.31. The number of hydrogen-bond acceptors (Lipinski definition) is 3. The normalized spacial score (nSPS) is 10.0. The molecule has 0 bridgehead atoms. The molecule has 0 amide bonds. The Kier molecular flexibility index (Phi) is 3.14. The highest BCUT2D eigenvalue weighted by Gasteiger charge is 2.02. The number of anilines is 1. The first-order valence-corrected chi connectivity index (χ1v) is 5.05. The van der Waals surface area contributed by atoms with Crippen LogP contribution >= 0.6 is 0 Å². The lowest BCUT2D eigenvalue weighted by Gasteiger charge is -2.08. The summed E-state index contributed by atoms with van der Waals surface area (Å²) in [4.78, 5) is 0. The number of nitrogens with two attached hydrogens (primary N) is 1. The lowest BCUT2D eigenvalue weighted by atomic mass is 10.3. The van der Waals surface area contributed by atoms with Gasteiger partial charge in [-0.3, -0.25) is 0 Å². The van der Waals surface area contributed by atoms with Crippen molar-refractivity contribution in [3.05, 3.63) is 48.3 Å². The van der Waals surface area contributed by atoms with Crippen LogP contribution in [-0.4, -0.2) is 7.11 Å². The first-order valence-electron chi connectivity index (χ1n) is 5.05. The van der Waals surface area contributed by atoms with Gasteiger partial charge in [0.2, 0.25) is 0 Å². The molecule has 0 aliphatic heterocycles. The van der Waals surface area contributed by atoms with E-state index in [9.17, 15) is 4.39 Å². The van der Waals surface area contributed by atoms with Crippen LogP contribution in [0.1, 0.15) is 0 Å². The Morgan fingerprint density at radius 2 is 1.76 bits per heavy atom. The summed E-state index contributed by atoms with van der Waals surface area (Å²) >= 11 is 0. The fourth-order valence-corrected chi connectivity index (χ4v) is 1.44. The third kappa shape index (κ3) is 2.87. The number of hydrogen-bond donors (Lipinski definition) is 1. The van der Waals surface area contributed by atoms with Crippen LogP contribution in [0.4, 0.5) is 10.1 Å². The highest BCUT2D eigenvalue weighted by molar-refractivity contribution is 5.46. The van der Waals surface area contributed by atoms with Crippen LogP contribution in [0.3, 0.4) is 0 Å². The Morgan fingerprint density at radius 3 is 2.47 bits per heavy atom. The fraction of sp³-hybridized carbons (Fsp3) is 0.0769. The third-order valence-corrected chi connectivity index (χ3v) is 2.17. The minimum atomic E-state index is -0.428. The zero-order valence-electron chi connectivity index (χ0n) is 9.31. The van der Waals surface area contributed by atoms with Crippen molar-refractivity contribution in [3.63, 3.8) is 0 Å². The van der Waals surface area contributed by atoms with Gasteiger partial charge in [0.05, 0.1) is 7.11 Å². The second-order valence-corrected chi connectivity index (χ2v) is 3.50. The minimum absolute atomic E-state index is 0.322. The van der Waals surface area contributed by atoms with Gasteiger partial charge in [-0.1, -0.05) is 6.07 Å². The smallest absolute Gasteiger partial charge is 0.132 e. The van der Waals surface area contributed by atoms with Crippen LogP contribution < -0.4 is 15.2 Å². The van der Waals surface area contributed by atoms with Gasteiger partial charge >= 0.3 is 0 Å². The van der Waals surface area contributed by atoms with Gasteiger partial charge < -0.3 is 15.2 Å². The van der Waals surface area contributed by atoms with E-state index in [2.05, 4.69) is 0 Å². The molecule has 2 N–H and O–H groups in total. The quantitative estimate of drug-likeness (QED) is 0.828. The third-order valence-electron chi connectivity index (χ3n) is 2.17. The summed E-state index contributed by atoms with van der Waals surface area (Å²) in [5.74, 6) is 1.17. The number of nitrogen functional groups attached to an aromatic ring is 1. The van der Waals surface area contributed by atoms with E-state index in [-0.39, 0.29) is 0 Å². The molecular weight excluding hydrogens is 221 g/mol. The standard InChI is InChI=1S/C13H12FNO2/c1-16-11-3-2-4-12(8-11)17-13-6-9(14)5-10(15)7-13/h2-8H,15H2,1H3. The molecule has 0 atom stereocenters. The average Bonchev–Trinajstić information content (AvgIpc) is 2.28. The van der Waals surface area contributed by atoms with E-state index in [0.29, 0.717) is 22.9 Å². The molecule has 0 saturated heterocycles. The molecular formula is C13H12FNO2. The van der Waals surface area contributed by atoms with Crippen molar-refractivity contribution in [2.24, 2.45) is 0 Å². The van der Waals surface area contributed by atoms with Gasteiger partial charge in [-0.15, -0.1) is 0 Å². The van der Waals surface area contributed by atoms with Crippen LogP contribution in [0, 0.1) is 5.82 Å². The summed E-state index contributed by atoms with van der Waals surface area (Å²) in [5, 5.41) is 0. The summed E-state index contributed by atoms with van der Waals surface area (Å²) in [6.45, 7) is 0. The molecule has 0 fully saturated rings. The number of benzene rings is 2. The van der Waals surface area contributed by atoms with Crippen molar-refractivity contribution in [1.82, 2.24) is 0 Å². The number of rotatable bonds is 3. The molecule has 0 aromatic heterocycles. The molecule has 2 aromatic carbocycles. The van der Waals surface area contributed by atoms with E-state index in [1.807, 2.05) is 0 Å². The predicted molar refractivity (Wildman–Crippen MR) is 63.9 cm³/mol. The van der Waals surface area contributed by atoms with Crippen molar-refractivity contribution >= 4 is 5.69 Å². The molecule has 0 aliphatic rings. The minimum Gasteiger partial charge on any atom is -0.497 e. The van der Waals surface area contributed by atoms with E-state index >= 15 is 0 Å². The molecule has 2 aromatic rings. The van der Waals surface area contributed by atoms with E-state index in [1.165, 1.54) is 12.1 Å². The molecule has 2 rings (SSSR count). The molecule has 0 aliphatic carbocycles. The Hall–Kier alpha value is -2.23. The fourth-order valence-electron chi connectivity index (χ4n) is 1.44. The van der Waals surface area contributed by atoms with Crippen LogP contribution in [-0.2, 0) is 0 Å². The molecule has 0 spiro atoms. The summed E-state index contributed by atoms with van der Waals surface area (Å²) in [5.41, 5.74) is 5.85. The molecule has 0 heterocycles. The maximum absolute atomic E-state index is 13.1. The second kappa shape index (κ2) is 4.74. The van der Waals surface area contributed by atoms with Gasteiger partial charge in [0, 0.05) is 23.9 Å². The largest absolute Gasteiger partial charge is 0.497 e. The van der Waals surface area contributed by atoms with Gasteiger partial charge in [0.1, 0.15) is 23.1 Å². The van der Waals surface area contributed by atoms with Gasteiger partial charge in [-0.2, -0.15) is 0 Å². The maximum atomic E-state index is 13.1. The Morgan fingerprint density at radius 1 is 1.00 bits per heavy atom. The number of ether oxygens (including phenoxy) is 2. The highest BCUT2D eigenvalue weighted by Crippen LogP contribution is 2.27. The average molecular weight is 233 g/mol. The lowest BCUT2D eigenvalue weighted by molar-refractivity contribution is 0.409. The van der Waals surface area contributed by atoms with Gasteiger partial charge in [0.15, 0.2) is 0 Å². The van der Waals surface area contributed by atoms with Crippen LogP contribution in [0.25, 0.3) is 0 Å². The summed E-state index contributed by atoms with van der Waals surface area (Å²) in [7, 11) is 1.57. The Balaban J connectivity index is 2.24. The van der Waals surface area contributed by atoms with Crippen molar-refractivity contribution in [1.29, 1.82) is 0 Å². The summed E-state index contributed by atoms with van der Waals surface area (Å²) in [6.07, 6.45) is 0. The van der Waals surface area contributed by atoms with Crippen molar-refractivity contribution < 1.29 is 13.9 Å². The van der Waals surface area contributed by atoms with E-state index in [1.54, 1.807) is 37.4 Å². The zero-order chi connectivity index (χ0) is 12.3. The van der Waals surface area contributed by atoms with E-state index in [0.717, 1.165) is 0 Å². The maximum Gasteiger partial charge on any atom is 0.132 e. The van der Waals surface area contributed by atoms with Crippen LogP contribution in [0.15, 0.2) is 42.5 Å². The predicted octanol–water partition coefficient (Wildman–Crippen LogP) is 3.21. The molecule has 0 radical (unpaired) electrons. The van der Waals surface area contributed by atoms with Gasteiger partial charge in [0.25, 0.3) is 0 Å². The Bertz CT molecular complexity index is 508. The Labute approximate surface area is 98.6 Å². The van der Waals surface area contributed by atoms with Crippen LogP contribution in [0.2, 0.25) is 0 Å². The van der Waals surface area contributed by atoms with Crippen molar-refractivity contribution in [3.8, 4) is 17.2 Å². The number of halogens is 1. The first-order chi connectivity index (χ1) is 8.17. The highest BCUT2D eigenvalue weighted by atomic mass is 19.1. The van der Waals surface area contributed by atoms with Crippen molar-refractivity contribution in [2.75, 3.05) is 12.8 Å². The lowest BCUT2D eigenvalue weighted by Crippen LogP contribution is -1.90. The summed E-state index contributed by atoms with van der Waals surface area (Å²) < 4.78 is 23.6. The van der Waals surface area contributed by atoms with E-state index < -0.39 is 5.82 Å². The molecule has 3 nitrogen and oxygen atoms in total. The van der Waals surface area contributed by atoms with Gasteiger partial charge in [-0.05, 0) is 18.2 Å². The first kappa shape index (κ1) is 11.3. The number of methoxy groups -OCH3 is 1. The summed E-state index contributed by atoms with van der Waals surface area (Å²) in [6, 6.07) is 11.1. The molecule has 17 heavy (non-hydrogen) atoms. The second-order valence-electron chi connectivity index (χ2n) is 3.50. The van der Waals surface area contributed by atoms with Crippen LogP contribution in [0.5, 0.6) is 17.2 Å². The van der Waals surface area contributed by atoms with Gasteiger partial charge in [-0.25, -0.2) is 4.39 Å².